The van der Waals surface area contributed by atoms with Crippen LogP contribution in [0, 0.1) is 5.92 Å². The Morgan fingerprint density at radius 1 is 1.32 bits per heavy atom. The van der Waals surface area contributed by atoms with E-state index in [0.717, 1.165) is 11.1 Å². The normalized spacial score (nSPS) is 18.0. The van der Waals surface area contributed by atoms with Crippen LogP contribution in [0.2, 0.25) is 0 Å². The minimum atomic E-state index is -1.23. The molecule has 110 valence electrons. The molecule has 2 aliphatic heterocycles. The Labute approximate surface area is 171 Å². The van der Waals surface area contributed by atoms with Crippen LogP contribution in [0.4, 0.5) is 0 Å². The zero-order valence-corrected chi connectivity index (χ0v) is 15.6. The van der Waals surface area contributed by atoms with Gasteiger partial charge in [0.2, 0.25) is 5.91 Å². The molecule has 0 radical (unpaired) electrons. The number of aromatic carboxylic acids is 1. The van der Waals surface area contributed by atoms with Crippen molar-refractivity contribution < 1.29 is 70.8 Å². The molecule has 1 aromatic rings. The number of carboxylic acid groups (broad SMARTS) is 1. The number of rotatable bonds is 3. The second kappa shape index (κ2) is 7.81. The average Bonchev–Trinajstić information content (AvgIpc) is 2.46. The summed E-state index contributed by atoms with van der Waals surface area (Å²) in [5.74, 6) is -1.09. The molecule has 1 fully saturated rings. The van der Waals surface area contributed by atoms with Gasteiger partial charge in [0.15, 0.2) is 0 Å². The van der Waals surface area contributed by atoms with Gasteiger partial charge >= 0.3 is 51.4 Å². The van der Waals surface area contributed by atoms with Crippen LogP contribution >= 0.6 is 0 Å². The van der Waals surface area contributed by atoms with Gasteiger partial charge in [-0.1, -0.05) is 6.08 Å². The summed E-state index contributed by atoms with van der Waals surface area (Å²) in [6.45, 7) is 2.21. The maximum Gasteiger partial charge on any atom is 1.00 e. The molecule has 0 atom stereocenters. The molecule has 3 rings (SSSR count). The molecule has 2 aliphatic rings. The van der Waals surface area contributed by atoms with Crippen LogP contribution in [0.3, 0.4) is 0 Å². The minimum Gasteiger partial charge on any atom is -0.545 e. The zero-order valence-electron chi connectivity index (χ0n) is 12.4. The topological polar surface area (TPSA) is 82.6 Å². The summed E-state index contributed by atoms with van der Waals surface area (Å²) in [4.78, 5) is 28.7. The van der Waals surface area contributed by atoms with Crippen LogP contribution in [0.25, 0.3) is 5.57 Å². The van der Waals surface area contributed by atoms with Gasteiger partial charge in [-0.3, -0.25) is 9.78 Å². The molecule has 0 unspecified atom stereocenters. The largest absolute Gasteiger partial charge is 1.00 e. The first-order valence-electron chi connectivity index (χ1n) is 6.87. The van der Waals surface area contributed by atoms with Gasteiger partial charge in [0.05, 0.1) is 25.1 Å². The Kier molecular flexibility index (Phi) is 6.31. The number of amides is 1. The van der Waals surface area contributed by atoms with E-state index in [1.165, 1.54) is 6.20 Å². The second-order valence-corrected chi connectivity index (χ2v) is 5.25. The van der Waals surface area contributed by atoms with Gasteiger partial charge in [-0.25, -0.2) is 0 Å². The van der Waals surface area contributed by atoms with Gasteiger partial charge < -0.3 is 19.5 Å². The van der Waals surface area contributed by atoms with Crippen molar-refractivity contribution in [3.63, 3.8) is 0 Å². The molecule has 22 heavy (non-hydrogen) atoms. The van der Waals surface area contributed by atoms with E-state index in [-0.39, 0.29) is 68.8 Å². The number of pyridine rings is 1. The van der Waals surface area contributed by atoms with E-state index in [4.69, 9.17) is 4.74 Å². The van der Waals surface area contributed by atoms with Crippen LogP contribution in [0.15, 0.2) is 24.5 Å². The number of hydrogen-bond acceptors (Lipinski definition) is 5. The van der Waals surface area contributed by atoms with Crippen molar-refractivity contribution in [1.82, 2.24) is 9.88 Å². The molecular formula is C15H15KN2O4. The summed E-state index contributed by atoms with van der Waals surface area (Å²) >= 11 is 0. The summed E-state index contributed by atoms with van der Waals surface area (Å²) in [5, 5.41) is 10.9. The average molecular weight is 326 g/mol. The predicted octanol–water partition coefficient (Wildman–Crippen LogP) is -3.29. The van der Waals surface area contributed by atoms with Gasteiger partial charge in [0, 0.05) is 31.0 Å². The summed E-state index contributed by atoms with van der Waals surface area (Å²) < 4.78 is 5.04. The Bertz CT molecular complexity index is 613. The van der Waals surface area contributed by atoms with E-state index in [1.54, 1.807) is 12.3 Å². The molecule has 0 aromatic carbocycles. The Morgan fingerprint density at radius 3 is 2.64 bits per heavy atom. The van der Waals surface area contributed by atoms with Crippen molar-refractivity contribution in [2.45, 2.75) is 6.42 Å². The van der Waals surface area contributed by atoms with Gasteiger partial charge in [-0.05, 0) is 23.6 Å². The fraction of sp³-hybridized carbons (Fsp3) is 0.400. The van der Waals surface area contributed by atoms with Crippen molar-refractivity contribution in [1.29, 1.82) is 0 Å². The third-order valence-electron chi connectivity index (χ3n) is 3.85. The van der Waals surface area contributed by atoms with E-state index >= 15 is 0 Å². The van der Waals surface area contributed by atoms with Gasteiger partial charge in [-0.2, -0.15) is 0 Å². The monoisotopic (exact) mass is 326 g/mol. The number of nitrogens with zero attached hydrogens (tertiary/aromatic N) is 2. The number of ether oxygens (including phenoxy) is 1. The molecule has 3 heterocycles. The quantitative estimate of drug-likeness (QED) is 0.544. The second-order valence-electron chi connectivity index (χ2n) is 5.25. The molecule has 0 spiro atoms. The molecule has 1 amide bonds. The van der Waals surface area contributed by atoms with Crippen molar-refractivity contribution in [2.75, 3.05) is 26.3 Å². The van der Waals surface area contributed by atoms with Crippen LogP contribution in [0.1, 0.15) is 22.3 Å². The molecule has 1 aromatic heterocycles. The molecule has 0 saturated carbocycles. The van der Waals surface area contributed by atoms with E-state index in [0.29, 0.717) is 32.7 Å². The molecule has 6 nitrogen and oxygen atoms in total. The standard InChI is InChI=1S/C15H16N2O4.K/c18-14(13-8-21-9-13)17-3-1-10(2-4-17)11-5-12(15(19)20)7-16-6-11;/h1,5-7,13H,2-4,8-9H2,(H,19,20);/q;+1/p-1. The van der Waals surface area contributed by atoms with Crippen LogP contribution < -0.4 is 56.5 Å². The Balaban J connectivity index is 0.00000176. The van der Waals surface area contributed by atoms with Crippen molar-refractivity contribution >= 4 is 17.4 Å². The molecule has 7 heteroatoms. The molecular weight excluding hydrogens is 311 g/mol. The van der Waals surface area contributed by atoms with Crippen molar-refractivity contribution in [3.8, 4) is 0 Å². The Hall–Kier alpha value is -0.574. The predicted molar refractivity (Wildman–Crippen MR) is 72.1 cm³/mol. The SMILES string of the molecule is O=C([O-])c1cncc(C2=CCN(C(=O)C3COC3)CC2)c1.[K+]. The van der Waals surface area contributed by atoms with E-state index < -0.39 is 5.97 Å². The number of carboxylic acids is 1. The summed E-state index contributed by atoms with van der Waals surface area (Å²) in [5.41, 5.74) is 1.86. The van der Waals surface area contributed by atoms with E-state index in [1.807, 2.05) is 11.0 Å². The smallest absolute Gasteiger partial charge is 0.545 e. The summed E-state index contributed by atoms with van der Waals surface area (Å²) in [6, 6.07) is 1.56. The first-order chi connectivity index (χ1) is 10.1. The van der Waals surface area contributed by atoms with Gasteiger partial charge in [0.1, 0.15) is 0 Å². The Morgan fingerprint density at radius 2 is 2.09 bits per heavy atom. The number of aromatic nitrogens is 1. The fourth-order valence-electron chi connectivity index (χ4n) is 2.50. The maximum absolute atomic E-state index is 12.1. The molecule has 1 saturated heterocycles. The van der Waals surface area contributed by atoms with Crippen LogP contribution in [-0.4, -0.2) is 48.1 Å². The van der Waals surface area contributed by atoms with E-state index in [2.05, 4.69) is 4.98 Å². The van der Waals surface area contributed by atoms with Crippen LogP contribution in [-0.2, 0) is 9.53 Å². The van der Waals surface area contributed by atoms with Gasteiger partial charge in [0.25, 0.3) is 0 Å². The van der Waals surface area contributed by atoms with Crippen LogP contribution in [0.5, 0.6) is 0 Å². The zero-order chi connectivity index (χ0) is 14.8. The van der Waals surface area contributed by atoms with E-state index in [9.17, 15) is 14.7 Å². The number of hydrogen-bond donors (Lipinski definition) is 0. The number of carbonyl (C=O) groups excluding carboxylic acids is 2. The third kappa shape index (κ3) is 3.84. The number of carbonyl (C=O) groups is 2. The third-order valence-corrected chi connectivity index (χ3v) is 3.85. The molecule has 0 aliphatic carbocycles. The van der Waals surface area contributed by atoms with Crippen molar-refractivity contribution in [3.05, 3.63) is 35.7 Å². The minimum absolute atomic E-state index is 0. The summed E-state index contributed by atoms with van der Waals surface area (Å²) in [7, 11) is 0. The molecule has 0 N–H and O–H groups in total. The molecule has 0 bridgehead atoms. The fourth-order valence-corrected chi connectivity index (χ4v) is 2.50. The summed E-state index contributed by atoms with van der Waals surface area (Å²) in [6.07, 6.45) is 5.55. The van der Waals surface area contributed by atoms with Crippen molar-refractivity contribution in [2.24, 2.45) is 5.92 Å². The van der Waals surface area contributed by atoms with Gasteiger partial charge in [-0.15, -0.1) is 0 Å². The first-order valence-corrected chi connectivity index (χ1v) is 6.87. The maximum atomic E-state index is 12.1. The first kappa shape index (κ1) is 17.8.